The minimum Gasteiger partial charge on any atom is -0.497 e. The Morgan fingerprint density at radius 3 is 3.12 bits per heavy atom. The number of carboxylic acid groups (broad SMARTS) is 1. The third kappa shape index (κ3) is 1.86. The molecule has 8 heteroatoms. The van der Waals surface area contributed by atoms with Crippen LogP contribution in [0.3, 0.4) is 0 Å². The molecule has 1 spiro atoms. The Morgan fingerprint density at radius 2 is 2.36 bits per heavy atom. The number of hydrogen-bond acceptors (Lipinski definition) is 6. The van der Waals surface area contributed by atoms with Crippen LogP contribution < -0.4 is 9.64 Å². The zero-order valence-electron chi connectivity index (χ0n) is 13.2. The Hall–Kier alpha value is -2.45. The van der Waals surface area contributed by atoms with Crippen molar-refractivity contribution >= 4 is 38.6 Å². The second-order valence-corrected chi connectivity index (χ2v) is 7.50. The fraction of sp³-hybridized carbons (Fsp3) is 0.353. The third-order valence-electron chi connectivity index (χ3n) is 5.20. The van der Waals surface area contributed by atoms with Gasteiger partial charge in [0.15, 0.2) is 5.13 Å². The predicted molar refractivity (Wildman–Crippen MR) is 89.9 cm³/mol. The van der Waals surface area contributed by atoms with Crippen molar-refractivity contribution in [2.45, 2.75) is 11.7 Å². The summed E-state index contributed by atoms with van der Waals surface area (Å²) in [5, 5.41) is 10.1. The SMILES string of the molecule is COc1ccc2sc(N3C[C@@]45C=C[C@@H](O4)[C@@H](C(=O)O)[C@@H]5C3=O)nc2c1. The number of aromatic nitrogens is 1. The van der Waals surface area contributed by atoms with Crippen LogP contribution in [0.4, 0.5) is 5.13 Å². The summed E-state index contributed by atoms with van der Waals surface area (Å²) in [6.07, 6.45) is 3.08. The van der Waals surface area contributed by atoms with Gasteiger partial charge < -0.3 is 14.6 Å². The number of rotatable bonds is 3. The van der Waals surface area contributed by atoms with Crippen molar-refractivity contribution in [2.24, 2.45) is 11.8 Å². The van der Waals surface area contributed by atoms with E-state index in [0.717, 1.165) is 10.2 Å². The maximum absolute atomic E-state index is 13.0. The summed E-state index contributed by atoms with van der Waals surface area (Å²) >= 11 is 1.40. The van der Waals surface area contributed by atoms with Gasteiger partial charge in [-0.05, 0) is 12.1 Å². The van der Waals surface area contributed by atoms with E-state index in [1.54, 1.807) is 18.1 Å². The molecule has 128 valence electrons. The van der Waals surface area contributed by atoms with Crippen LogP contribution in [-0.2, 0) is 14.3 Å². The molecule has 3 aliphatic heterocycles. The van der Waals surface area contributed by atoms with E-state index < -0.39 is 29.5 Å². The van der Waals surface area contributed by atoms with Gasteiger partial charge in [-0.3, -0.25) is 14.5 Å². The average molecular weight is 358 g/mol. The minimum atomic E-state index is -0.995. The van der Waals surface area contributed by atoms with Gasteiger partial charge in [0.1, 0.15) is 17.3 Å². The number of methoxy groups -OCH3 is 1. The number of carboxylic acids is 1. The van der Waals surface area contributed by atoms with Gasteiger partial charge in [-0.1, -0.05) is 23.5 Å². The van der Waals surface area contributed by atoms with Gasteiger partial charge in [-0.25, -0.2) is 4.98 Å². The number of nitrogens with zero attached hydrogens (tertiary/aromatic N) is 2. The smallest absolute Gasteiger partial charge is 0.310 e. The van der Waals surface area contributed by atoms with Crippen molar-refractivity contribution in [1.82, 2.24) is 4.98 Å². The molecule has 0 unspecified atom stereocenters. The first-order valence-corrected chi connectivity index (χ1v) is 8.70. The number of amides is 1. The number of carbonyl (C=O) groups excluding carboxylic acids is 1. The summed E-state index contributed by atoms with van der Waals surface area (Å²) in [7, 11) is 1.59. The van der Waals surface area contributed by atoms with E-state index in [1.165, 1.54) is 11.3 Å². The van der Waals surface area contributed by atoms with Crippen LogP contribution >= 0.6 is 11.3 Å². The van der Waals surface area contributed by atoms with Gasteiger partial charge in [0.2, 0.25) is 5.91 Å². The quantitative estimate of drug-likeness (QED) is 0.840. The molecule has 1 aromatic heterocycles. The largest absolute Gasteiger partial charge is 0.497 e. The summed E-state index contributed by atoms with van der Waals surface area (Å²) in [5.74, 6) is -2.06. The predicted octanol–water partition coefficient (Wildman–Crippen LogP) is 1.68. The van der Waals surface area contributed by atoms with Crippen LogP contribution in [0.2, 0.25) is 0 Å². The molecule has 2 bridgehead atoms. The topological polar surface area (TPSA) is 89.0 Å². The van der Waals surface area contributed by atoms with E-state index in [2.05, 4.69) is 4.98 Å². The molecule has 25 heavy (non-hydrogen) atoms. The second-order valence-electron chi connectivity index (χ2n) is 6.49. The lowest BCUT2D eigenvalue weighted by Gasteiger charge is -2.21. The van der Waals surface area contributed by atoms with Gasteiger partial charge in [0, 0.05) is 6.07 Å². The number of aliphatic carboxylic acids is 1. The summed E-state index contributed by atoms with van der Waals surface area (Å²) in [6.45, 7) is 0.296. The maximum Gasteiger partial charge on any atom is 0.310 e. The molecule has 4 heterocycles. The van der Waals surface area contributed by atoms with E-state index in [9.17, 15) is 14.7 Å². The van der Waals surface area contributed by atoms with Crippen LogP contribution in [0, 0.1) is 11.8 Å². The zero-order valence-corrected chi connectivity index (χ0v) is 14.0. The van der Waals surface area contributed by atoms with Crippen LogP contribution in [0.5, 0.6) is 5.75 Å². The van der Waals surface area contributed by atoms with Gasteiger partial charge in [-0.15, -0.1) is 0 Å². The number of benzene rings is 1. The van der Waals surface area contributed by atoms with Gasteiger partial charge in [-0.2, -0.15) is 0 Å². The lowest BCUT2D eigenvalue weighted by atomic mass is 9.77. The van der Waals surface area contributed by atoms with Crippen molar-refractivity contribution in [3.05, 3.63) is 30.4 Å². The molecule has 1 N–H and O–H groups in total. The van der Waals surface area contributed by atoms with Crippen molar-refractivity contribution in [1.29, 1.82) is 0 Å². The Bertz CT molecular complexity index is 954. The van der Waals surface area contributed by atoms with Crippen LogP contribution in [0.15, 0.2) is 30.4 Å². The summed E-state index contributed by atoms with van der Waals surface area (Å²) in [5.41, 5.74) is -0.0994. The monoisotopic (exact) mass is 358 g/mol. The van der Waals surface area contributed by atoms with Crippen molar-refractivity contribution in [3.8, 4) is 5.75 Å². The molecule has 0 radical (unpaired) electrons. The number of carbonyl (C=O) groups is 2. The number of hydrogen-bond donors (Lipinski definition) is 1. The van der Waals surface area contributed by atoms with E-state index >= 15 is 0 Å². The fourth-order valence-electron chi connectivity index (χ4n) is 4.08. The van der Waals surface area contributed by atoms with Crippen molar-refractivity contribution < 1.29 is 24.2 Å². The minimum absolute atomic E-state index is 0.231. The molecule has 7 nitrogen and oxygen atoms in total. The number of anilines is 1. The molecular weight excluding hydrogens is 344 g/mol. The molecular formula is C17H14N2O5S. The Kier molecular flexibility index (Phi) is 2.85. The highest BCUT2D eigenvalue weighted by atomic mass is 32.1. The van der Waals surface area contributed by atoms with E-state index in [-0.39, 0.29) is 5.91 Å². The normalized spacial score (nSPS) is 32.6. The molecule has 2 fully saturated rings. The average Bonchev–Trinajstić information content (AvgIpc) is 3.32. The lowest BCUT2D eigenvalue weighted by molar-refractivity contribution is -0.146. The van der Waals surface area contributed by atoms with E-state index in [1.807, 2.05) is 24.3 Å². The number of thiazole rings is 1. The van der Waals surface area contributed by atoms with Crippen LogP contribution in [0.25, 0.3) is 10.2 Å². The standard InChI is InChI=1S/C17H14N2O5S/c1-23-8-2-3-11-9(6-8)18-16(25-11)19-7-17-5-4-10(24-17)12(15(21)22)13(17)14(19)20/h2-6,10,12-13H,7H2,1H3,(H,21,22)/t10-,12-,13-,17-/m1/s1. The second kappa shape index (κ2) is 4.80. The summed E-state index contributed by atoms with van der Waals surface area (Å²) < 4.78 is 12.0. The summed E-state index contributed by atoms with van der Waals surface area (Å²) in [4.78, 5) is 30.7. The maximum atomic E-state index is 13.0. The highest BCUT2D eigenvalue weighted by Gasteiger charge is 2.67. The summed E-state index contributed by atoms with van der Waals surface area (Å²) in [6, 6.07) is 5.56. The molecule has 4 atom stereocenters. The molecule has 2 aromatic rings. The van der Waals surface area contributed by atoms with Crippen molar-refractivity contribution in [3.63, 3.8) is 0 Å². The van der Waals surface area contributed by atoms with Crippen LogP contribution in [-0.4, -0.2) is 47.3 Å². The van der Waals surface area contributed by atoms with Crippen LogP contribution in [0.1, 0.15) is 0 Å². The first-order valence-electron chi connectivity index (χ1n) is 7.88. The molecule has 2 saturated heterocycles. The molecule has 1 amide bonds. The highest BCUT2D eigenvalue weighted by molar-refractivity contribution is 7.22. The first kappa shape index (κ1) is 14.9. The lowest BCUT2D eigenvalue weighted by Crippen LogP contribution is -2.39. The molecule has 5 rings (SSSR count). The molecule has 3 aliphatic rings. The van der Waals surface area contributed by atoms with Gasteiger partial charge in [0.25, 0.3) is 0 Å². The molecule has 0 aliphatic carbocycles. The first-order chi connectivity index (χ1) is 12.0. The fourth-order valence-corrected chi connectivity index (χ4v) is 5.03. The highest BCUT2D eigenvalue weighted by Crippen LogP contribution is 2.53. The zero-order chi connectivity index (χ0) is 17.3. The Morgan fingerprint density at radius 1 is 1.52 bits per heavy atom. The Labute approximate surface area is 146 Å². The van der Waals surface area contributed by atoms with Crippen molar-refractivity contribution in [2.75, 3.05) is 18.6 Å². The molecule has 1 aromatic carbocycles. The number of ether oxygens (including phenoxy) is 2. The van der Waals surface area contributed by atoms with Gasteiger partial charge in [0.05, 0.1) is 35.9 Å². The molecule has 0 saturated carbocycles. The van der Waals surface area contributed by atoms with E-state index in [0.29, 0.717) is 17.4 Å². The number of fused-ring (bicyclic) bond motifs is 2. The third-order valence-corrected chi connectivity index (χ3v) is 6.26. The van der Waals surface area contributed by atoms with Gasteiger partial charge >= 0.3 is 5.97 Å². The van der Waals surface area contributed by atoms with E-state index in [4.69, 9.17) is 9.47 Å². The Balaban J connectivity index is 1.55.